The Balaban J connectivity index is 3.01. The summed E-state index contributed by atoms with van der Waals surface area (Å²) in [5.74, 6) is 0.203. The van der Waals surface area contributed by atoms with Crippen LogP contribution in [0.1, 0.15) is 5.56 Å². The first-order valence-electron chi connectivity index (χ1n) is 3.74. The molecule has 1 nitrogen and oxygen atoms in total. The third-order valence-corrected chi connectivity index (χ3v) is 1.81. The molecule has 0 spiro atoms. The molecule has 1 aromatic rings. The summed E-state index contributed by atoms with van der Waals surface area (Å²) in [6.07, 6.45) is -4.38. The summed E-state index contributed by atoms with van der Waals surface area (Å²) >= 11 is 5.56. The van der Waals surface area contributed by atoms with Gasteiger partial charge in [-0.25, -0.2) is 0 Å². The van der Waals surface area contributed by atoms with E-state index in [0.717, 1.165) is 12.1 Å². The van der Waals surface area contributed by atoms with E-state index in [-0.39, 0.29) is 17.4 Å². The quantitative estimate of drug-likeness (QED) is 0.745. The van der Waals surface area contributed by atoms with Gasteiger partial charge < -0.3 is 4.74 Å². The highest BCUT2D eigenvalue weighted by Gasteiger charge is 2.30. The average Bonchev–Trinajstić information content (AvgIpc) is 2.07. The summed E-state index contributed by atoms with van der Waals surface area (Å²) < 4.78 is 41.4. The highest BCUT2D eigenvalue weighted by molar-refractivity contribution is 6.32. The Hall–Kier alpha value is -0.900. The molecular weight excluding hydrogens is 217 g/mol. The highest BCUT2D eigenvalue weighted by atomic mass is 35.5. The van der Waals surface area contributed by atoms with Gasteiger partial charge in [-0.2, -0.15) is 13.2 Å². The lowest BCUT2D eigenvalue weighted by molar-refractivity contribution is -0.137. The zero-order chi connectivity index (χ0) is 10.8. The van der Waals surface area contributed by atoms with Crippen LogP contribution < -0.4 is 4.74 Å². The first-order valence-corrected chi connectivity index (χ1v) is 4.11. The molecule has 0 amide bonds. The summed E-state index contributed by atoms with van der Waals surface area (Å²) in [5, 5.41) is -0.0662. The van der Waals surface area contributed by atoms with Gasteiger partial charge >= 0.3 is 6.18 Å². The fourth-order valence-corrected chi connectivity index (χ4v) is 1.14. The van der Waals surface area contributed by atoms with Crippen molar-refractivity contribution < 1.29 is 17.9 Å². The van der Waals surface area contributed by atoms with Gasteiger partial charge in [0, 0.05) is 0 Å². The number of rotatable bonds is 2. The third kappa shape index (κ3) is 2.54. The Kier molecular flexibility index (Phi) is 3.26. The van der Waals surface area contributed by atoms with Crippen molar-refractivity contribution in [3.05, 3.63) is 35.7 Å². The minimum Gasteiger partial charge on any atom is -0.492 e. The summed E-state index contributed by atoms with van der Waals surface area (Å²) in [7, 11) is 0. The molecule has 1 aromatic carbocycles. The fourth-order valence-electron chi connectivity index (χ4n) is 0.904. The van der Waals surface area contributed by atoms with E-state index in [1.807, 2.05) is 0 Å². The highest BCUT2D eigenvalue weighted by Crippen LogP contribution is 2.34. The molecular formula is C9H7ClF3O. The first-order chi connectivity index (χ1) is 6.45. The molecule has 1 rings (SSSR count). The van der Waals surface area contributed by atoms with Gasteiger partial charge in [0.2, 0.25) is 0 Å². The van der Waals surface area contributed by atoms with Gasteiger partial charge in [0.05, 0.1) is 17.2 Å². The molecule has 0 heterocycles. The van der Waals surface area contributed by atoms with E-state index in [9.17, 15) is 13.2 Å². The Morgan fingerprint density at radius 1 is 1.36 bits per heavy atom. The molecule has 0 saturated carbocycles. The van der Waals surface area contributed by atoms with Crippen molar-refractivity contribution in [3.63, 3.8) is 0 Å². The van der Waals surface area contributed by atoms with Gasteiger partial charge in [0.25, 0.3) is 0 Å². The molecule has 0 bridgehead atoms. The average molecular weight is 224 g/mol. The first kappa shape index (κ1) is 11.2. The van der Waals surface area contributed by atoms with Gasteiger partial charge in [-0.1, -0.05) is 11.6 Å². The summed E-state index contributed by atoms with van der Waals surface area (Å²) in [5.41, 5.74) is -0.793. The Labute approximate surface area is 84.4 Å². The number of halogens is 4. The fraction of sp³-hybridized carbons (Fsp3) is 0.222. The molecule has 77 valence electrons. The minimum atomic E-state index is -4.38. The van der Waals surface area contributed by atoms with E-state index >= 15 is 0 Å². The van der Waals surface area contributed by atoms with Crippen LogP contribution in [0, 0.1) is 6.92 Å². The lowest BCUT2D eigenvalue weighted by Gasteiger charge is -2.09. The van der Waals surface area contributed by atoms with E-state index < -0.39 is 11.7 Å². The van der Waals surface area contributed by atoms with Crippen LogP contribution in [0.2, 0.25) is 5.02 Å². The van der Waals surface area contributed by atoms with Crippen molar-refractivity contribution in [2.24, 2.45) is 0 Å². The van der Waals surface area contributed by atoms with Crippen LogP contribution in [0.4, 0.5) is 13.2 Å². The molecule has 0 aliphatic carbocycles. The second-order valence-electron chi connectivity index (χ2n) is 2.49. The third-order valence-electron chi connectivity index (χ3n) is 1.52. The molecule has 0 aliphatic rings. The van der Waals surface area contributed by atoms with Crippen molar-refractivity contribution >= 4 is 11.6 Å². The molecule has 0 unspecified atom stereocenters. The van der Waals surface area contributed by atoms with E-state index in [1.165, 1.54) is 6.07 Å². The van der Waals surface area contributed by atoms with E-state index in [0.29, 0.717) is 0 Å². The van der Waals surface area contributed by atoms with Crippen LogP contribution in [-0.2, 0) is 6.18 Å². The zero-order valence-corrected chi connectivity index (χ0v) is 7.82. The monoisotopic (exact) mass is 223 g/mol. The molecule has 0 aromatic heterocycles. The number of hydrogen-bond acceptors (Lipinski definition) is 1. The largest absolute Gasteiger partial charge is 0.492 e. The molecule has 14 heavy (non-hydrogen) atoms. The zero-order valence-electron chi connectivity index (χ0n) is 7.07. The van der Waals surface area contributed by atoms with Gasteiger partial charge in [0.15, 0.2) is 0 Å². The molecule has 0 aliphatic heterocycles. The van der Waals surface area contributed by atoms with Crippen molar-refractivity contribution in [3.8, 4) is 5.75 Å². The van der Waals surface area contributed by atoms with Crippen LogP contribution in [0.5, 0.6) is 5.75 Å². The standard InChI is InChI=1S/C9H7ClF3O/c1-2-14-8-4-3-6(5-7(8)10)9(11,12)13/h3-5H,1-2H2. The normalized spacial score (nSPS) is 11.5. The maximum atomic E-state index is 12.2. The van der Waals surface area contributed by atoms with Crippen molar-refractivity contribution in [1.29, 1.82) is 0 Å². The van der Waals surface area contributed by atoms with E-state index in [1.54, 1.807) is 0 Å². The molecule has 5 heteroatoms. The van der Waals surface area contributed by atoms with Crippen molar-refractivity contribution in [1.82, 2.24) is 0 Å². The molecule has 0 saturated heterocycles. The van der Waals surface area contributed by atoms with Crippen molar-refractivity contribution in [2.75, 3.05) is 6.61 Å². The molecule has 0 atom stereocenters. The predicted molar refractivity (Wildman–Crippen MR) is 47.3 cm³/mol. The smallest absolute Gasteiger partial charge is 0.416 e. The van der Waals surface area contributed by atoms with E-state index in [4.69, 9.17) is 16.3 Å². The van der Waals surface area contributed by atoms with Crippen LogP contribution in [-0.4, -0.2) is 6.61 Å². The summed E-state index contributed by atoms with van der Waals surface area (Å²) in [4.78, 5) is 0. The topological polar surface area (TPSA) is 9.23 Å². The van der Waals surface area contributed by atoms with Crippen molar-refractivity contribution in [2.45, 2.75) is 6.18 Å². The number of hydrogen-bond donors (Lipinski definition) is 0. The molecule has 1 radical (unpaired) electrons. The number of alkyl halides is 3. The predicted octanol–water partition coefficient (Wildman–Crippen LogP) is 3.57. The summed E-state index contributed by atoms with van der Waals surface area (Å²) in [6, 6.07) is 2.92. The molecule has 0 fully saturated rings. The maximum absolute atomic E-state index is 12.2. The number of ether oxygens (including phenoxy) is 1. The Bertz CT molecular complexity index is 322. The SMILES string of the molecule is [CH2]COc1ccc(C(F)(F)F)cc1Cl. The van der Waals surface area contributed by atoms with E-state index in [2.05, 4.69) is 6.92 Å². The van der Waals surface area contributed by atoms with Gasteiger partial charge in [-0.05, 0) is 25.1 Å². The lowest BCUT2D eigenvalue weighted by Crippen LogP contribution is -2.05. The minimum absolute atomic E-state index is 0.0662. The Morgan fingerprint density at radius 2 is 2.00 bits per heavy atom. The maximum Gasteiger partial charge on any atom is 0.416 e. The summed E-state index contributed by atoms with van der Waals surface area (Å²) in [6.45, 7) is 3.51. The van der Waals surface area contributed by atoms with Gasteiger partial charge in [-0.15, -0.1) is 0 Å². The van der Waals surface area contributed by atoms with Crippen LogP contribution in [0.3, 0.4) is 0 Å². The number of benzene rings is 1. The molecule has 0 N–H and O–H groups in total. The van der Waals surface area contributed by atoms with Gasteiger partial charge in [0.1, 0.15) is 5.75 Å². The van der Waals surface area contributed by atoms with Gasteiger partial charge in [-0.3, -0.25) is 0 Å². The lowest BCUT2D eigenvalue weighted by atomic mass is 10.2. The van der Waals surface area contributed by atoms with Crippen LogP contribution in [0.25, 0.3) is 0 Å². The van der Waals surface area contributed by atoms with Crippen LogP contribution >= 0.6 is 11.6 Å². The second-order valence-corrected chi connectivity index (χ2v) is 2.90. The Morgan fingerprint density at radius 3 is 2.43 bits per heavy atom. The second kappa shape index (κ2) is 4.09. The van der Waals surface area contributed by atoms with Crippen LogP contribution in [0.15, 0.2) is 18.2 Å².